The summed E-state index contributed by atoms with van der Waals surface area (Å²) in [5, 5.41) is 0. The van der Waals surface area contributed by atoms with E-state index in [1.165, 1.54) is 5.69 Å². The Balaban J connectivity index is 1.82. The molecule has 0 spiro atoms. The molecule has 0 aliphatic carbocycles. The van der Waals surface area contributed by atoms with Gasteiger partial charge < -0.3 is 19.1 Å². The van der Waals surface area contributed by atoms with Crippen LogP contribution in [0.4, 0.5) is 5.69 Å². The van der Waals surface area contributed by atoms with Crippen molar-refractivity contribution >= 4 is 23.6 Å². The van der Waals surface area contributed by atoms with Crippen LogP contribution in [0.15, 0.2) is 53.2 Å². The highest BCUT2D eigenvalue weighted by Gasteiger charge is 2.25. The van der Waals surface area contributed by atoms with E-state index in [9.17, 15) is 4.79 Å². The van der Waals surface area contributed by atoms with Crippen molar-refractivity contribution in [2.45, 2.75) is 40.5 Å². The lowest BCUT2D eigenvalue weighted by molar-refractivity contribution is -0.129. The minimum Gasteiger partial charge on any atom is -0.490 e. The zero-order valence-electron chi connectivity index (χ0n) is 19.4. The molecule has 170 valence electrons. The molecule has 6 heteroatoms. The normalized spacial score (nSPS) is 14.3. The number of carbonyl (C=O) groups excluding carboxylic acids is 1. The molecule has 1 aliphatic heterocycles. The minimum atomic E-state index is -0.463. The van der Waals surface area contributed by atoms with Crippen molar-refractivity contribution in [3.8, 4) is 11.5 Å². The van der Waals surface area contributed by atoms with Crippen molar-refractivity contribution in [3.05, 3.63) is 59.3 Å². The number of aliphatic imine (C=N–C) groups is 1. The number of carbonyl (C=O) groups is 1. The van der Waals surface area contributed by atoms with Crippen LogP contribution in [0, 0.1) is 0 Å². The molecule has 0 aromatic heterocycles. The van der Waals surface area contributed by atoms with E-state index in [0.717, 1.165) is 31.5 Å². The molecule has 0 atom stereocenters. The largest absolute Gasteiger partial charge is 0.490 e. The summed E-state index contributed by atoms with van der Waals surface area (Å²) in [5.41, 5.74) is 3.03. The highest BCUT2D eigenvalue weighted by molar-refractivity contribution is 6.13. The first-order chi connectivity index (χ1) is 15.6. The van der Waals surface area contributed by atoms with Crippen LogP contribution >= 0.6 is 0 Å². The third-order valence-electron chi connectivity index (χ3n) is 4.96. The van der Waals surface area contributed by atoms with Gasteiger partial charge >= 0.3 is 5.97 Å². The van der Waals surface area contributed by atoms with E-state index in [2.05, 4.69) is 35.9 Å². The Kier molecular flexibility index (Phi) is 8.31. The van der Waals surface area contributed by atoms with Gasteiger partial charge in [0.05, 0.1) is 13.2 Å². The summed E-state index contributed by atoms with van der Waals surface area (Å²) in [7, 11) is 0. The minimum absolute atomic E-state index is 0.263. The quantitative estimate of drug-likeness (QED) is 0.346. The van der Waals surface area contributed by atoms with Gasteiger partial charge in [0.1, 0.15) is 0 Å². The highest BCUT2D eigenvalue weighted by atomic mass is 16.6. The van der Waals surface area contributed by atoms with Crippen LogP contribution in [0.1, 0.15) is 51.7 Å². The fourth-order valence-corrected chi connectivity index (χ4v) is 3.57. The Morgan fingerprint density at radius 3 is 2.19 bits per heavy atom. The van der Waals surface area contributed by atoms with Gasteiger partial charge in [0.15, 0.2) is 17.2 Å². The highest BCUT2D eigenvalue weighted by Crippen LogP contribution is 2.30. The number of hydrogen-bond acceptors (Lipinski definition) is 6. The Morgan fingerprint density at radius 1 is 0.906 bits per heavy atom. The lowest BCUT2D eigenvalue weighted by Gasteiger charge is -2.23. The molecule has 32 heavy (non-hydrogen) atoms. The molecule has 3 rings (SSSR count). The van der Waals surface area contributed by atoms with Crippen molar-refractivity contribution in [2.24, 2.45) is 4.99 Å². The van der Waals surface area contributed by atoms with Crippen molar-refractivity contribution in [2.75, 3.05) is 31.2 Å². The second-order valence-electron chi connectivity index (χ2n) is 7.44. The predicted molar refractivity (Wildman–Crippen MR) is 129 cm³/mol. The summed E-state index contributed by atoms with van der Waals surface area (Å²) in [6, 6.07) is 13.6. The number of ether oxygens (including phenoxy) is 3. The molecule has 0 radical (unpaired) electrons. The number of nitrogens with zero attached hydrogens (tertiary/aromatic N) is 2. The van der Waals surface area contributed by atoms with Gasteiger partial charge in [0.25, 0.3) is 0 Å². The number of esters is 1. The lowest BCUT2D eigenvalue weighted by atomic mass is 10.1. The third-order valence-corrected chi connectivity index (χ3v) is 4.96. The average Bonchev–Trinajstić information content (AvgIpc) is 3.16. The Morgan fingerprint density at radius 2 is 1.56 bits per heavy atom. The van der Waals surface area contributed by atoms with Crippen molar-refractivity contribution in [1.29, 1.82) is 0 Å². The second kappa shape index (κ2) is 11.4. The molecule has 0 amide bonds. The Bertz CT molecular complexity index is 974. The fourth-order valence-electron chi connectivity index (χ4n) is 3.57. The smallest absolute Gasteiger partial charge is 0.363 e. The first-order valence-corrected chi connectivity index (χ1v) is 11.4. The maximum atomic E-state index is 12.4. The number of anilines is 1. The van der Waals surface area contributed by atoms with E-state index in [-0.39, 0.29) is 11.6 Å². The number of benzene rings is 2. The summed E-state index contributed by atoms with van der Waals surface area (Å²) >= 11 is 0. The second-order valence-corrected chi connectivity index (χ2v) is 7.44. The van der Waals surface area contributed by atoms with Gasteiger partial charge in [-0.2, -0.15) is 0 Å². The molecule has 0 fully saturated rings. The van der Waals surface area contributed by atoms with E-state index in [1.54, 1.807) is 18.2 Å². The van der Waals surface area contributed by atoms with E-state index in [1.807, 2.05) is 32.0 Å². The molecular formula is C26H32N2O4. The SMILES string of the molecule is CCCN(CCC)c1ccc(C=C2N=C(c3ccc(OCC)c(OCC)c3)OC2=O)cc1. The zero-order valence-corrected chi connectivity index (χ0v) is 19.4. The molecule has 1 aliphatic rings. The summed E-state index contributed by atoms with van der Waals surface area (Å²) in [4.78, 5) is 19.2. The summed E-state index contributed by atoms with van der Waals surface area (Å²) in [5.74, 6) is 1.05. The standard InChI is InChI=1S/C26H32N2O4/c1-5-15-28(16-6-2)21-12-9-19(10-13-21)17-22-26(29)32-25(27-22)20-11-14-23(30-7-3)24(18-20)31-8-4/h9-14,17-18H,5-8,15-16H2,1-4H3. The fraction of sp³-hybridized carbons (Fsp3) is 0.385. The number of hydrogen-bond donors (Lipinski definition) is 0. The Hall–Kier alpha value is -3.28. The van der Waals surface area contributed by atoms with Gasteiger partial charge in [-0.3, -0.25) is 0 Å². The maximum absolute atomic E-state index is 12.4. The number of rotatable bonds is 11. The van der Waals surface area contributed by atoms with Crippen LogP contribution in [0.25, 0.3) is 6.08 Å². The first kappa shape index (κ1) is 23.4. The van der Waals surface area contributed by atoms with Gasteiger partial charge in [-0.15, -0.1) is 0 Å². The monoisotopic (exact) mass is 436 g/mol. The van der Waals surface area contributed by atoms with Gasteiger partial charge in [-0.25, -0.2) is 9.79 Å². The van der Waals surface area contributed by atoms with Crippen molar-refractivity contribution in [3.63, 3.8) is 0 Å². The molecule has 0 unspecified atom stereocenters. The van der Waals surface area contributed by atoms with E-state index >= 15 is 0 Å². The van der Waals surface area contributed by atoms with E-state index < -0.39 is 5.97 Å². The molecule has 0 saturated heterocycles. The summed E-state index contributed by atoms with van der Waals surface area (Å²) in [6.45, 7) is 11.3. The Labute approximate surface area is 190 Å². The van der Waals surface area contributed by atoms with Crippen molar-refractivity contribution < 1.29 is 19.0 Å². The van der Waals surface area contributed by atoms with Gasteiger partial charge in [0.2, 0.25) is 5.90 Å². The third kappa shape index (κ3) is 5.69. The lowest BCUT2D eigenvalue weighted by Crippen LogP contribution is -2.24. The zero-order chi connectivity index (χ0) is 22.9. The maximum Gasteiger partial charge on any atom is 0.363 e. The molecule has 0 N–H and O–H groups in total. The molecular weight excluding hydrogens is 404 g/mol. The first-order valence-electron chi connectivity index (χ1n) is 11.4. The van der Waals surface area contributed by atoms with Crippen LogP contribution in [0.5, 0.6) is 11.5 Å². The summed E-state index contributed by atoms with van der Waals surface area (Å²) < 4.78 is 16.7. The van der Waals surface area contributed by atoms with Crippen LogP contribution in [-0.4, -0.2) is 38.2 Å². The van der Waals surface area contributed by atoms with E-state index in [0.29, 0.717) is 30.3 Å². The van der Waals surface area contributed by atoms with Crippen LogP contribution in [-0.2, 0) is 9.53 Å². The molecule has 2 aromatic carbocycles. The van der Waals surface area contributed by atoms with Gasteiger partial charge in [0, 0.05) is 24.3 Å². The van der Waals surface area contributed by atoms with Crippen LogP contribution in [0.2, 0.25) is 0 Å². The molecule has 2 aromatic rings. The van der Waals surface area contributed by atoms with Crippen LogP contribution in [0.3, 0.4) is 0 Å². The van der Waals surface area contributed by atoms with Crippen LogP contribution < -0.4 is 14.4 Å². The topological polar surface area (TPSA) is 60.4 Å². The predicted octanol–water partition coefficient (Wildman–Crippen LogP) is 5.45. The molecule has 0 bridgehead atoms. The van der Waals surface area contributed by atoms with E-state index in [4.69, 9.17) is 14.2 Å². The molecule has 6 nitrogen and oxygen atoms in total. The van der Waals surface area contributed by atoms with Crippen molar-refractivity contribution in [1.82, 2.24) is 0 Å². The summed E-state index contributed by atoms with van der Waals surface area (Å²) in [6.07, 6.45) is 3.96. The number of cyclic esters (lactones) is 1. The molecule has 0 saturated carbocycles. The van der Waals surface area contributed by atoms with Gasteiger partial charge in [-0.1, -0.05) is 26.0 Å². The average molecular weight is 437 g/mol. The van der Waals surface area contributed by atoms with Gasteiger partial charge in [-0.05, 0) is 68.7 Å². The molecule has 1 heterocycles.